The standard InChI is InChI=1S/C13H18N2O2/c1-16-13-5-9(14)4-10(6-13)15-7-11-2-3-12(8-15)17-11/h4-6,11-12H,2-3,7-8,14H2,1H3. The second-order valence-corrected chi connectivity index (χ2v) is 4.83. The van der Waals surface area contributed by atoms with Crippen LogP contribution in [-0.4, -0.2) is 32.4 Å². The van der Waals surface area contributed by atoms with Crippen molar-refractivity contribution in [2.45, 2.75) is 25.0 Å². The molecule has 2 aliphatic heterocycles. The zero-order chi connectivity index (χ0) is 11.8. The van der Waals surface area contributed by atoms with Gasteiger partial charge in [-0.05, 0) is 18.9 Å². The highest BCUT2D eigenvalue weighted by Crippen LogP contribution is 2.32. The average Bonchev–Trinajstić information content (AvgIpc) is 2.67. The zero-order valence-corrected chi connectivity index (χ0v) is 10.1. The molecule has 92 valence electrons. The van der Waals surface area contributed by atoms with Crippen LogP contribution in [0.5, 0.6) is 5.75 Å². The van der Waals surface area contributed by atoms with Gasteiger partial charge in [0.2, 0.25) is 0 Å². The Hall–Kier alpha value is -1.42. The molecule has 0 spiro atoms. The van der Waals surface area contributed by atoms with Crippen molar-refractivity contribution in [2.75, 3.05) is 30.8 Å². The van der Waals surface area contributed by atoms with E-state index in [-0.39, 0.29) is 0 Å². The average molecular weight is 234 g/mol. The van der Waals surface area contributed by atoms with E-state index in [1.165, 1.54) is 12.8 Å². The van der Waals surface area contributed by atoms with Crippen molar-refractivity contribution in [2.24, 2.45) is 0 Å². The minimum Gasteiger partial charge on any atom is -0.497 e. The van der Waals surface area contributed by atoms with Crippen LogP contribution in [0.3, 0.4) is 0 Å². The molecule has 2 atom stereocenters. The molecule has 0 radical (unpaired) electrons. The van der Waals surface area contributed by atoms with E-state index in [0.717, 1.165) is 30.2 Å². The van der Waals surface area contributed by atoms with Gasteiger partial charge in [0.25, 0.3) is 0 Å². The lowest BCUT2D eigenvalue weighted by atomic mass is 10.2. The maximum Gasteiger partial charge on any atom is 0.122 e. The monoisotopic (exact) mass is 234 g/mol. The van der Waals surface area contributed by atoms with Gasteiger partial charge in [-0.25, -0.2) is 0 Å². The molecule has 2 heterocycles. The second kappa shape index (κ2) is 4.11. The fraction of sp³-hybridized carbons (Fsp3) is 0.538. The Morgan fingerprint density at radius 2 is 1.94 bits per heavy atom. The van der Waals surface area contributed by atoms with Gasteiger partial charge in [-0.1, -0.05) is 0 Å². The fourth-order valence-corrected chi connectivity index (χ4v) is 2.73. The maximum absolute atomic E-state index is 5.89. The summed E-state index contributed by atoms with van der Waals surface area (Å²) in [6.45, 7) is 1.92. The molecule has 3 rings (SSSR count). The largest absolute Gasteiger partial charge is 0.497 e. The Kier molecular flexibility index (Phi) is 2.59. The third kappa shape index (κ3) is 2.05. The van der Waals surface area contributed by atoms with E-state index in [9.17, 15) is 0 Å². The second-order valence-electron chi connectivity index (χ2n) is 4.83. The number of nitrogens with zero attached hydrogens (tertiary/aromatic N) is 1. The molecule has 2 fully saturated rings. The molecule has 17 heavy (non-hydrogen) atoms. The highest BCUT2D eigenvalue weighted by molar-refractivity contribution is 5.61. The minimum atomic E-state index is 0.390. The van der Waals surface area contributed by atoms with Crippen molar-refractivity contribution in [3.63, 3.8) is 0 Å². The Morgan fingerprint density at radius 3 is 2.59 bits per heavy atom. The molecular formula is C13H18N2O2. The first-order valence-electron chi connectivity index (χ1n) is 6.09. The van der Waals surface area contributed by atoms with E-state index in [0.29, 0.717) is 12.2 Å². The number of anilines is 2. The highest BCUT2D eigenvalue weighted by atomic mass is 16.5. The predicted octanol–water partition coefficient (Wildman–Crippen LogP) is 1.65. The molecule has 2 unspecified atom stereocenters. The number of ether oxygens (including phenoxy) is 2. The summed E-state index contributed by atoms with van der Waals surface area (Å²) in [5.74, 6) is 0.818. The summed E-state index contributed by atoms with van der Waals surface area (Å²) in [4.78, 5) is 2.35. The number of morpholine rings is 1. The first-order chi connectivity index (χ1) is 8.24. The maximum atomic E-state index is 5.89. The third-order valence-corrected chi connectivity index (χ3v) is 3.56. The zero-order valence-electron chi connectivity index (χ0n) is 10.1. The molecule has 1 aromatic rings. The molecule has 2 bridgehead atoms. The Balaban J connectivity index is 1.86. The van der Waals surface area contributed by atoms with Crippen LogP contribution in [0.4, 0.5) is 11.4 Å². The van der Waals surface area contributed by atoms with Crippen LogP contribution in [-0.2, 0) is 4.74 Å². The molecule has 0 aliphatic carbocycles. The van der Waals surface area contributed by atoms with Crippen molar-refractivity contribution < 1.29 is 9.47 Å². The lowest BCUT2D eigenvalue weighted by molar-refractivity contribution is 0.0305. The molecule has 2 N–H and O–H groups in total. The van der Waals surface area contributed by atoms with Crippen molar-refractivity contribution in [3.05, 3.63) is 18.2 Å². The first kappa shape index (κ1) is 10.7. The van der Waals surface area contributed by atoms with E-state index in [4.69, 9.17) is 15.2 Å². The Labute approximate surface area is 101 Å². The van der Waals surface area contributed by atoms with Gasteiger partial charge < -0.3 is 20.1 Å². The van der Waals surface area contributed by atoms with Crippen molar-refractivity contribution in [1.82, 2.24) is 0 Å². The minimum absolute atomic E-state index is 0.390. The van der Waals surface area contributed by atoms with Crippen LogP contribution in [0.2, 0.25) is 0 Å². The Morgan fingerprint density at radius 1 is 1.24 bits per heavy atom. The van der Waals surface area contributed by atoms with Crippen molar-refractivity contribution in [3.8, 4) is 5.75 Å². The van der Waals surface area contributed by atoms with Crippen LogP contribution in [0.25, 0.3) is 0 Å². The van der Waals surface area contributed by atoms with Gasteiger partial charge in [0.1, 0.15) is 5.75 Å². The molecule has 1 aromatic carbocycles. The molecular weight excluding hydrogens is 216 g/mol. The summed E-state index contributed by atoms with van der Waals surface area (Å²) in [6.07, 6.45) is 3.14. The first-order valence-corrected chi connectivity index (χ1v) is 6.09. The molecule has 4 heteroatoms. The van der Waals surface area contributed by atoms with Gasteiger partial charge in [-0.2, -0.15) is 0 Å². The highest BCUT2D eigenvalue weighted by Gasteiger charge is 2.33. The number of hydrogen-bond donors (Lipinski definition) is 1. The van der Waals surface area contributed by atoms with Crippen LogP contribution < -0.4 is 15.4 Å². The van der Waals surface area contributed by atoms with Gasteiger partial charge in [-0.3, -0.25) is 0 Å². The van der Waals surface area contributed by atoms with E-state index in [1.54, 1.807) is 7.11 Å². The number of rotatable bonds is 2. The topological polar surface area (TPSA) is 47.7 Å². The summed E-state index contributed by atoms with van der Waals surface area (Å²) in [5.41, 5.74) is 7.78. The van der Waals surface area contributed by atoms with Crippen LogP contribution in [0, 0.1) is 0 Å². The van der Waals surface area contributed by atoms with E-state index >= 15 is 0 Å². The van der Waals surface area contributed by atoms with Gasteiger partial charge in [-0.15, -0.1) is 0 Å². The molecule has 0 amide bonds. The third-order valence-electron chi connectivity index (χ3n) is 3.56. The van der Waals surface area contributed by atoms with E-state index in [1.807, 2.05) is 18.2 Å². The lowest BCUT2D eigenvalue weighted by Crippen LogP contribution is -2.42. The lowest BCUT2D eigenvalue weighted by Gasteiger charge is -2.34. The normalized spacial score (nSPS) is 27.2. The number of nitrogens with two attached hydrogens (primary N) is 1. The summed E-state index contributed by atoms with van der Waals surface area (Å²) >= 11 is 0. The Bertz CT molecular complexity index is 410. The van der Waals surface area contributed by atoms with Gasteiger partial charge in [0.15, 0.2) is 0 Å². The van der Waals surface area contributed by atoms with Crippen molar-refractivity contribution in [1.29, 1.82) is 0 Å². The molecule has 2 saturated heterocycles. The number of hydrogen-bond acceptors (Lipinski definition) is 4. The van der Waals surface area contributed by atoms with Crippen LogP contribution in [0.15, 0.2) is 18.2 Å². The van der Waals surface area contributed by atoms with E-state index < -0.39 is 0 Å². The number of benzene rings is 1. The SMILES string of the molecule is COc1cc(N)cc(N2CC3CCC(C2)O3)c1. The summed E-state index contributed by atoms with van der Waals surface area (Å²) in [5, 5.41) is 0. The van der Waals surface area contributed by atoms with E-state index in [2.05, 4.69) is 4.90 Å². The molecule has 0 saturated carbocycles. The number of fused-ring (bicyclic) bond motifs is 2. The number of nitrogen functional groups attached to an aromatic ring is 1. The summed E-state index contributed by atoms with van der Waals surface area (Å²) in [7, 11) is 1.67. The summed E-state index contributed by atoms with van der Waals surface area (Å²) < 4.78 is 11.1. The quantitative estimate of drug-likeness (QED) is 0.790. The van der Waals surface area contributed by atoms with Crippen LogP contribution >= 0.6 is 0 Å². The van der Waals surface area contributed by atoms with Gasteiger partial charge >= 0.3 is 0 Å². The molecule has 0 aromatic heterocycles. The fourth-order valence-electron chi connectivity index (χ4n) is 2.73. The van der Waals surface area contributed by atoms with Crippen LogP contribution in [0.1, 0.15) is 12.8 Å². The molecule has 4 nitrogen and oxygen atoms in total. The summed E-state index contributed by atoms with van der Waals surface area (Å²) in [6, 6.07) is 5.90. The molecule has 2 aliphatic rings. The smallest absolute Gasteiger partial charge is 0.122 e. The van der Waals surface area contributed by atoms with Gasteiger partial charge in [0.05, 0.1) is 19.3 Å². The van der Waals surface area contributed by atoms with Gasteiger partial charge in [0, 0.05) is 36.6 Å². The van der Waals surface area contributed by atoms with Crippen molar-refractivity contribution >= 4 is 11.4 Å². The number of methoxy groups -OCH3 is 1. The predicted molar refractivity (Wildman–Crippen MR) is 67.5 cm³/mol.